The Balaban J connectivity index is 2.79. The van der Waals surface area contributed by atoms with E-state index in [0.717, 1.165) is 11.3 Å². The molecule has 1 N–H and O–H groups in total. The van der Waals surface area contributed by atoms with Gasteiger partial charge in [0.05, 0.1) is 11.9 Å². The lowest BCUT2D eigenvalue weighted by atomic mass is 10.1. The van der Waals surface area contributed by atoms with Crippen molar-refractivity contribution < 1.29 is 8.42 Å². The van der Waals surface area contributed by atoms with Gasteiger partial charge in [0.25, 0.3) is 0 Å². The number of aromatic nitrogens is 2. The smallest absolute Gasteiger partial charge is 0.147 e. The van der Waals surface area contributed by atoms with E-state index in [2.05, 4.69) is 10.4 Å². The molecule has 1 aromatic rings. The lowest BCUT2D eigenvalue weighted by Crippen LogP contribution is -2.20. The molecule has 5 nitrogen and oxygen atoms in total. The maximum atomic E-state index is 11.1. The van der Waals surface area contributed by atoms with Crippen molar-refractivity contribution in [1.82, 2.24) is 15.1 Å². The van der Waals surface area contributed by atoms with Crippen LogP contribution in [0.1, 0.15) is 23.7 Å². The number of nitrogens with zero attached hydrogens (tertiary/aromatic N) is 2. The van der Waals surface area contributed by atoms with Gasteiger partial charge in [-0.3, -0.25) is 4.68 Å². The van der Waals surface area contributed by atoms with Crippen LogP contribution in [0.3, 0.4) is 0 Å². The maximum Gasteiger partial charge on any atom is 0.147 e. The molecule has 92 valence electrons. The number of sulfone groups is 1. The summed E-state index contributed by atoms with van der Waals surface area (Å²) in [6.45, 7) is 1.98. The van der Waals surface area contributed by atoms with Crippen molar-refractivity contribution in [2.45, 2.75) is 19.4 Å². The summed E-state index contributed by atoms with van der Waals surface area (Å²) in [6, 6.07) is 0.0448. The Hall–Kier alpha value is -0.880. The van der Waals surface area contributed by atoms with E-state index >= 15 is 0 Å². The van der Waals surface area contributed by atoms with E-state index in [0.29, 0.717) is 6.42 Å². The second-order valence-electron chi connectivity index (χ2n) is 4.07. The van der Waals surface area contributed by atoms with E-state index in [9.17, 15) is 8.42 Å². The van der Waals surface area contributed by atoms with Crippen molar-refractivity contribution >= 4 is 9.84 Å². The zero-order valence-electron chi connectivity index (χ0n) is 10.2. The van der Waals surface area contributed by atoms with Gasteiger partial charge in [0.1, 0.15) is 9.84 Å². The van der Waals surface area contributed by atoms with Crippen LogP contribution >= 0.6 is 0 Å². The predicted octanol–water partition coefficient (Wildman–Crippen LogP) is 0.424. The number of hydrogen-bond donors (Lipinski definition) is 1. The molecule has 1 atom stereocenters. The van der Waals surface area contributed by atoms with Crippen molar-refractivity contribution in [1.29, 1.82) is 0 Å². The number of aryl methyl sites for hydroxylation is 1. The van der Waals surface area contributed by atoms with Gasteiger partial charge in [-0.15, -0.1) is 0 Å². The average molecular weight is 245 g/mol. The van der Waals surface area contributed by atoms with Crippen LogP contribution < -0.4 is 5.32 Å². The van der Waals surface area contributed by atoms with E-state index < -0.39 is 9.84 Å². The minimum Gasteiger partial charge on any atom is -0.313 e. The summed E-state index contributed by atoms with van der Waals surface area (Å²) >= 11 is 0. The van der Waals surface area contributed by atoms with Crippen molar-refractivity contribution in [2.75, 3.05) is 19.1 Å². The van der Waals surface area contributed by atoms with Crippen LogP contribution in [-0.4, -0.2) is 37.3 Å². The molecule has 16 heavy (non-hydrogen) atoms. The third kappa shape index (κ3) is 3.31. The monoisotopic (exact) mass is 245 g/mol. The van der Waals surface area contributed by atoms with Crippen LogP contribution in [-0.2, 0) is 16.9 Å². The van der Waals surface area contributed by atoms with Gasteiger partial charge in [-0.1, -0.05) is 0 Å². The van der Waals surface area contributed by atoms with Gasteiger partial charge in [-0.25, -0.2) is 8.42 Å². The summed E-state index contributed by atoms with van der Waals surface area (Å²) in [5, 5.41) is 7.28. The molecule has 6 heteroatoms. The van der Waals surface area contributed by atoms with E-state index in [1.54, 1.807) is 10.9 Å². The van der Waals surface area contributed by atoms with Crippen LogP contribution in [0.5, 0.6) is 0 Å². The number of rotatable bonds is 5. The lowest BCUT2D eigenvalue weighted by molar-refractivity contribution is 0.556. The molecular weight excluding hydrogens is 226 g/mol. The minimum absolute atomic E-state index is 0.0448. The second kappa shape index (κ2) is 4.97. The first-order valence-electron chi connectivity index (χ1n) is 5.18. The van der Waals surface area contributed by atoms with Crippen LogP contribution in [0.15, 0.2) is 6.20 Å². The number of hydrogen-bond acceptors (Lipinski definition) is 4. The molecule has 0 bridgehead atoms. The summed E-state index contributed by atoms with van der Waals surface area (Å²) in [7, 11) is 0.799. The van der Waals surface area contributed by atoms with Crippen molar-refractivity contribution in [3.63, 3.8) is 0 Å². The zero-order chi connectivity index (χ0) is 12.3. The predicted molar refractivity (Wildman–Crippen MR) is 64.1 cm³/mol. The maximum absolute atomic E-state index is 11.1. The minimum atomic E-state index is -2.91. The van der Waals surface area contributed by atoms with Crippen LogP contribution in [0.2, 0.25) is 0 Å². The molecule has 0 spiro atoms. The molecule has 1 unspecified atom stereocenters. The first-order chi connectivity index (χ1) is 7.35. The van der Waals surface area contributed by atoms with Crippen LogP contribution in [0.4, 0.5) is 0 Å². The fourth-order valence-corrected chi connectivity index (χ4v) is 2.31. The van der Waals surface area contributed by atoms with Gasteiger partial charge in [0.2, 0.25) is 0 Å². The van der Waals surface area contributed by atoms with Gasteiger partial charge in [-0.05, 0) is 20.4 Å². The molecule has 0 fully saturated rings. The Morgan fingerprint density at radius 2 is 2.19 bits per heavy atom. The first-order valence-corrected chi connectivity index (χ1v) is 7.24. The van der Waals surface area contributed by atoms with Gasteiger partial charge in [-0.2, -0.15) is 5.10 Å². The fourth-order valence-electron chi connectivity index (χ4n) is 1.65. The Morgan fingerprint density at radius 3 is 2.56 bits per heavy atom. The Kier molecular flexibility index (Phi) is 4.09. The third-order valence-electron chi connectivity index (χ3n) is 2.77. The molecule has 0 saturated carbocycles. The topological polar surface area (TPSA) is 64.0 Å². The van der Waals surface area contributed by atoms with E-state index in [4.69, 9.17) is 0 Å². The second-order valence-corrected chi connectivity index (χ2v) is 6.33. The van der Waals surface area contributed by atoms with Crippen molar-refractivity contribution in [3.8, 4) is 0 Å². The van der Waals surface area contributed by atoms with Crippen LogP contribution in [0.25, 0.3) is 0 Å². The normalized spacial score (nSPS) is 14.0. The highest BCUT2D eigenvalue weighted by Gasteiger charge is 2.16. The fraction of sp³-hybridized carbons (Fsp3) is 0.700. The quantitative estimate of drug-likeness (QED) is 0.817. The highest BCUT2D eigenvalue weighted by molar-refractivity contribution is 7.90. The summed E-state index contributed by atoms with van der Waals surface area (Å²) in [6.07, 6.45) is 3.62. The summed E-state index contributed by atoms with van der Waals surface area (Å²) in [5.74, 6) is 0.187. The molecule has 0 aromatic carbocycles. The highest BCUT2D eigenvalue weighted by atomic mass is 32.2. The first kappa shape index (κ1) is 13.2. The molecule has 0 aliphatic carbocycles. The largest absolute Gasteiger partial charge is 0.313 e. The molecule has 0 aliphatic heterocycles. The molecular formula is C10H19N3O2S. The summed E-state index contributed by atoms with van der Waals surface area (Å²) < 4.78 is 24.0. The van der Waals surface area contributed by atoms with Gasteiger partial charge in [0.15, 0.2) is 0 Å². The Bertz CT molecular complexity index is 451. The van der Waals surface area contributed by atoms with E-state index in [-0.39, 0.29) is 11.8 Å². The average Bonchev–Trinajstić information content (AvgIpc) is 2.49. The van der Waals surface area contributed by atoms with Gasteiger partial charge in [0, 0.05) is 30.6 Å². The molecule has 1 aromatic heterocycles. The van der Waals surface area contributed by atoms with E-state index in [1.807, 2.05) is 21.0 Å². The molecule has 1 rings (SSSR count). The molecule has 1 heterocycles. The standard InChI is InChI=1S/C10H19N3O2S/c1-8-9(7-12-13(8)3)10(11-2)5-6-16(4,14)15/h7,10-11H,5-6H2,1-4H3. The van der Waals surface area contributed by atoms with Crippen LogP contribution in [0, 0.1) is 6.92 Å². The zero-order valence-corrected chi connectivity index (χ0v) is 11.0. The SMILES string of the molecule is CNC(CCS(C)(=O)=O)c1cnn(C)c1C. The molecule has 0 amide bonds. The third-order valence-corrected chi connectivity index (χ3v) is 3.75. The highest BCUT2D eigenvalue weighted by Crippen LogP contribution is 2.19. The van der Waals surface area contributed by atoms with Gasteiger partial charge < -0.3 is 5.32 Å². The summed E-state index contributed by atoms with van der Waals surface area (Å²) in [4.78, 5) is 0. The molecule has 0 radical (unpaired) electrons. The summed E-state index contributed by atoms with van der Waals surface area (Å²) in [5.41, 5.74) is 2.13. The molecule has 0 saturated heterocycles. The molecule has 0 aliphatic rings. The van der Waals surface area contributed by atoms with E-state index in [1.165, 1.54) is 6.26 Å². The Labute approximate surface area is 96.8 Å². The lowest BCUT2D eigenvalue weighted by Gasteiger charge is -2.15. The Morgan fingerprint density at radius 1 is 1.56 bits per heavy atom. The number of nitrogens with one attached hydrogen (secondary N) is 1. The van der Waals surface area contributed by atoms with Crippen molar-refractivity contribution in [2.24, 2.45) is 7.05 Å². The van der Waals surface area contributed by atoms with Gasteiger partial charge >= 0.3 is 0 Å². The van der Waals surface area contributed by atoms with Crippen molar-refractivity contribution in [3.05, 3.63) is 17.5 Å².